The molecular formula is C18H30N5O4S+. The van der Waals surface area contributed by atoms with E-state index >= 15 is 0 Å². The third-order valence-corrected chi connectivity index (χ3v) is 7.18. The molecule has 2 N–H and O–H groups in total. The molecule has 0 aliphatic carbocycles. The monoisotopic (exact) mass is 412 g/mol. The summed E-state index contributed by atoms with van der Waals surface area (Å²) in [5.74, 6) is 0. The fourth-order valence-electron chi connectivity index (χ4n) is 3.32. The molecule has 1 fully saturated rings. The van der Waals surface area contributed by atoms with Crippen LogP contribution in [0.3, 0.4) is 0 Å². The number of anilines is 1. The second kappa shape index (κ2) is 9.44. The van der Waals surface area contributed by atoms with Gasteiger partial charge in [0.1, 0.15) is 5.69 Å². The Hall–Kier alpha value is -2.04. The van der Waals surface area contributed by atoms with Gasteiger partial charge in [-0.1, -0.05) is 13.8 Å². The lowest BCUT2D eigenvalue weighted by Gasteiger charge is -2.27. The number of hydrazone groups is 1. The van der Waals surface area contributed by atoms with Crippen molar-refractivity contribution in [2.24, 2.45) is 5.10 Å². The van der Waals surface area contributed by atoms with E-state index in [2.05, 4.69) is 24.4 Å². The fourth-order valence-corrected chi connectivity index (χ4v) is 4.80. The van der Waals surface area contributed by atoms with Gasteiger partial charge >= 0.3 is 0 Å². The van der Waals surface area contributed by atoms with Gasteiger partial charge in [-0.25, -0.2) is 8.42 Å². The van der Waals surface area contributed by atoms with Crippen LogP contribution in [0.15, 0.2) is 28.2 Å². The molecule has 0 radical (unpaired) electrons. The van der Waals surface area contributed by atoms with Crippen molar-refractivity contribution in [3.05, 3.63) is 28.3 Å². The average Bonchev–Trinajstić information content (AvgIpc) is 2.67. The van der Waals surface area contributed by atoms with Gasteiger partial charge in [0.05, 0.1) is 29.0 Å². The van der Waals surface area contributed by atoms with Crippen molar-refractivity contribution in [3.63, 3.8) is 0 Å². The molecule has 1 aliphatic rings. The maximum Gasteiger partial charge on any atom is 0.295 e. The highest BCUT2D eigenvalue weighted by atomic mass is 32.2. The summed E-state index contributed by atoms with van der Waals surface area (Å²) in [5, 5.41) is 15.8. The molecule has 1 aromatic rings. The van der Waals surface area contributed by atoms with Crippen LogP contribution in [-0.4, -0.2) is 55.6 Å². The molecule has 1 aromatic carbocycles. The van der Waals surface area contributed by atoms with Crippen molar-refractivity contribution in [3.8, 4) is 0 Å². The van der Waals surface area contributed by atoms with E-state index in [4.69, 9.17) is 0 Å². The Morgan fingerprint density at radius 3 is 2.36 bits per heavy atom. The zero-order chi connectivity index (χ0) is 20.9. The van der Waals surface area contributed by atoms with Gasteiger partial charge in [0, 0.05) is 37.7 Å². The van der Waals surface area contributed by atoms with Crippen LogP contribution in [0.4, 0.5) is 11.4 Å². The SMILES string of the molecule is CCN(CC)S(=O)(=O)c1ccc(NN=C2CC[NH+](C(C)C)CC2)c([N+](=O)[O-])c1. The van der Waals surface area contributed by atoms with E-state index in [0.717, 1.165) is 37.7 Å². The third-order valence-electron chi connectivity index (χ3n) is 5.13. The second-order valence-corrected chi connectivity index (χ2v) is 9.07. The molecule has 0 bridgehead atoms. The van der Waals surface area contributed by atoms with Crippen LogP contribution in [0.5, 0.6) is 0 Å². The quantitative estimate of drug-likeness (QED) is 0.496. The number of quaternary nitrogens is 1. The van der Waals surface area contributed by atoms with Crippen molar-refractivity contribution in [1.29, 1.82) is 0 Å². The highest BCUT2D eigenvalue weighted by molar-refractivity contribution is 7.89. The first-order valence-electron chi connectivity index (χ1n) is 9.65. The van der Waals surface area contributed by atoms with Gasteiger partial charge in [-0.15, -0.1) is 0 Å². The van der Waals surface area contributed by atoms with Crippen molar-refractivity contribution in [2.45, 2.75) is 51.5 Å². The summed E-state index contributed by atoms with van der Waals surface area (Å²) in [6.45, 7) is 10.4. The summed E-state index contributed by atoms with van der Waals surface area (Å²) in [6, 6.07) is 4.46. The molecular weight excluding hydrogens is 382 g/mol. The third kappa shape index (κ3) is 5.06. The van der Waals surface area contributed by atoms with Gasteiger partial charge in [0.15, 0.2) is 0 Å². The minimum absolute atomic E-state index is 0.0880. The van der Waals surface area contributed by atoms with Crippen LogP contribution in [0, 0.1) is 10.1 Å². The van der Waals surface area contributed by atoms with Crippen molar-refractivity contribution in [2.75, 3.05) is 31.6 Å². The van der Waals surface area contributed by atoms with Gasteiger partial charge in [0.2, 0.25) is 10.0 Å². The van der Waals surface area contributed by atoms with E-state index < -0.39 is 14.9 Å². The Morgan fingerprint density at radius 1 is 1.25 bits per heavy atom. The summed E-state index contributed by atoms with van der Waals surface area (Å²) in [6.07, 6.45) is 1.67. The van der Waals surface area contributed by atoms with E-state index in [1.807, 2.05) is 0 Å². The minimum Gasteiger partial charge on any atom is -0.332 e. The van der Waals surface area contributed by atoms with Crippen LogP contribution in [0.25, 0.3) is 0 Å². The molecule has 0 atom stereocenters. The normalized spacial score (nSPS) is 17.8. The summed E-state index contributed by atoms with van der Waals surface area (Å²) in [5.41, 5.74) is 3.63. The van der Waals surface area contributed by atoms with Crippen LogP contribution < -0.4 is 10.3 Å². The van der Waals surface area contributed by atoms with Crippen LogP contribution in [-0.2, 0) is 10.0 Å². The molecule has 0 amide bonds. The first-order valence-corrected chi connectivity index (χ1v) is 11.1. The van der Waals surface area contributed by atoms with Gasteiger partial charge in [-0.2, -0.15) is 9.41 Å². The largest absolute Gasteiger partial charge is 0.332 e. The van der Waals surface area contributed by atoms with Crippen molar-refractivity contribution < 1.29 is 18.2 Å². The van der Waals surface area contributed by atoms with Crippen LogP contribution in [0.1, 0.15) is 40.5 Å². The number of likely N-dealkylation sites (tertiary alicyclic amines) is 1. The number of nitro groups is 1. The molecule has 2 rings (SSSR count). The summed E-state index contributed by atoms with van der Waals surface area (Å²) in [7, 11) is -3.76. The molecule has 10 heteroatoms. The van der Waals surface area contributed by atoms with Crippen molar-refractivity contribution >= 4 is 27.1 Å². The minimum atomic E-state index is -3.76. The van der Waals surface area contributed by atoms with Gasteiger partial charge in [-0.3, -0.25) is 15.5 Å². The van der Waals surface area contributed by atoms with E-state index in [9.17, 15) is 18.5 Å². The lowest BCUT2D eigenvalue weighted by molar-refractivity contribution is -0.922. The van der Waals surface area contributed by atoms with Gasteiger partial charge < -0.3 is 4.90 Å². The van der Waals surface area contributed by atoms with Crippen molar-refractivity contribution in [1.82, 2.24) is 4.31 Å². The summed E-state index contributed by atoms with van der Waals surface area (Å²) >= 11 is 0. The Labute approximate surface area is 166 Å². The zero-order valence-corrected chi connectivity index (χ0v) is 17.8. The number of sulfonamides is 1. The number of nitrogens with one attached hydrogen (secondary N) is 2. The summed E-state index contributed by atoms with van der Waals surface area (Å²) < 4.78 is 26.5. The standard InChI is InChI=1S/C18H29N5O4S/c1-5-22(6-2)28(26,27)16-7-8-17(18(13-16)23(24)25)20-19-15-9-11-21(12-10-15)14(3)4/h7-8,13-14,20H,5-6,9-12H2,1-4H3/p+1. The predicted molar refractivity (Wildman–Crippen MR) is 109 cm³/mol. The maximum atomic E-state index is 12.6. The van der Waals surface area contributed by atoms with Gasteiger partial charge in [0.25, 0.3) is 5.69 Å². The molecule has 1 aliphatic heterocycles. The predicted octanol–water partition coefficient (Wildman–Crippen LogP) is 1.48. The molecule has 0 spiro atoms. The van der Waals surface area contributed by atoms with Crippen LogP contribution >= 0.6 is 0 Å². The number of nitro benzene ring substituents is 1. The summed E-state index contributed by atoms with van der Waals surface area (Å²) in [4.78, 5) is 12.3. The molecule has 1 saturated heterocycles. The molecule has 1 heterocycles. The highest BCUT2D eigenvalue weighted by Gasteiger charge is 2.26. The van der Waals surface area contributed by atoms with Crippen LogP contribution in [0.2, 0.25) is 0 Å². The molecule has 0 unspecified atom stereocenters. The number of nitrogens with zero attached hydrogens (tertiary/aromatic N) is 3. The molecule has 0 aromatic heterocycles. The number of piperidine rings is 1. The molecule has 0 saturated carbocycles. The Bertz CT molecular complexity index is 824. The van der Waals surface area contributed by atoms with Gasteiger partial charge in [-0.05, 0) is 26.0 Å². The van der Waals surface area contributed by atoms with E-state index in [1.54, 1.807) is 13.8 Å². The Balaban J connectivity index is 2.22. The molecule has 156 valence electrons. The molecule has 28 heavy (non-hydrogen) atoms. The smallest absolute Gasteiger partial charge is 0.295 e. The zero-order valence-electron chi connectivity index (χ0n) is 16.9. The number of hydrogen-bond donors (Lipinski definition) is 2. The topological polar surface area (TPSA) is 109 Å². The second-order valence-electron chi connectivity index (χ2n) is 7.13. The lowest BCUT2D eigenvalue weighted by atomic mass is 10.1. The van der Waals surface area contributed by atoms with E-state index in [0.29, 0.717) is 19.1 Å². The highest BCUT2D eigenvalue weighted by Crippen LogP contribution is 2.29. The Morgan fingerprint density at radius 2 is 1.86 bits per heavy atom. The first kappa shape index (κ1) is 22.3. The Kier molecular flexibility index (Phi) is 7.50. The van der Waals surface area contributed by atoms with E-state index in [1.165, 1.54) is 21.3 Å². The lowest BCUT2D eigenvalue weighted by Crippen LogP contribution is -3.16. The first-order chi connectivity index (χ1) is 13.2. The number of hydrogen-bond acceptors (Lipinski definition) is 6. The number of rotatable bonds is 8. The average molecular weight is 413 g/mol. The fraction of sp³-hybridized carbons (Fsp3) is 0.611. The van der Waals surface area contributed by atoms with E-state index in [-0.39, 0.29) is 16.3 Å². The maximum absolute atomic E-state index is 12.6. The number of benzene rings is 1. The molecule has 9 nitrogen and oxygen atoms in total.